The topological polar surface area (TPSA) is 57.2 Å². The molecule has 1 aromatic carbocycles. The first-order chi connectivity index (χ1) is 11.0. The van der Waals surface area contributed by atoms with Crippen LogP contribution in [0.2, 0.25) is 0 Å². The summed E-state index contributed by atoms with van der Waals surface area (Å²) in [5, 5.41) is 10.3. The minimum atomic E-state index is -0.734. The molecular weight excluding hydrogens is 296 g/mol. The summed E-state index contributed by atoms with van der Waals surface area (Å²) in [7, 11) is 0. The van der Waals surface area contributed by atoms with Crippen molar-refractivity contribution in [3.63, 3.8) is 0 Å². The highest BCUT2D eigenvalue weighted by Gasteiger charge is 2.66. The van der Waals surface area contributed by atoms with Crippen LogP contribution in [0.1, 0.15) is 25.8 Å². The largest absolute Gasteiger partial charge is 0.386 e. The molecule has 4 rings (SSSR count). The predicted octanol–water partition coefficient (Wildman–Crippen LogP) is 2.14. The number of benzene rings is 1. The van der Waals surface area contributed by atoms with E-state index in [0.717, 1.165) is 5.56 Å². The maximum Gasteiger partial charge on any atom is 0.190 e. The molecule has 0 unspecified atom stereocenters. The van der Waals surface area contributed by atoms with Gasteiger partial charge in [0.1, 0.15) is 23.9 Å². The Balaban J connectivity index is 1.62. The van der Waals surface area contributed by atoms with Gasteiger partial charge in [0, 0.05) is 0 Å². The van der Waals surface area contributed by atoms with Gasteiger partial charge in [-0.15, -0.1) is 0 Å². The van der Waals surface area contributed by atoms with Gasteiger partial charge in [0.05, 0.1) is 6.61 Å². The summed E-state index contributed by atoms with van der Waals surface area (Å²) in [6.07, 6.45) is 2.24. The number of hydrogen-bond donors (Lipinski definition) is 1. The highest BCUT2D eigenvalue weighted by molar-refractivity contribution is 5.20. The molecule has 0 aromatic heterocycles. The van der Waals surface area contributed by atoms with Crippen LogP contribution in [0.5, 0.6) is 0 Å². The highest BCUT2D eigenvalue weighted by Crippen LogP contribution is 2.49. The number of fused-ring (bicyclic) bond motifs is 3. The predicted molar refractivity (Wildman–Crippen MR) is 82.4 cm³/mol. The molecule has 1 aliphatic carbocycles. The molecule has 2 saturated heterocycles. The smallest absolute Gasteiger partial charge is 0.190 e. The van der Waals surface area contributed by atoms with E-state index in [9.17, 15) is 5.11 Å². The molecule has 0 spiro atoms. The monoisotopic (exact) mass is 318 g/mol. The third-order valence-corrected chi connectivity index (χ3v) is 4.73. The first-order valence-corrected chi connectivity index (χ1v) is 8.04. The van der Waals surface area contributed by atoms with Gasteiger partial charge in [-0.25, -0.2) is 0 Å². The lowest BCUT2D eigenvalue weighted by atomic mass is 9.82. The number of hydrogen-bond acceptors (Lipinski definition) is 5. The van der Waals surface area contributed by atoms with Gasteiger partial charge in [-0.2, -0.15) is 0 Å². The average Bonchev–Trinajstić information content (AvgIpc) is 2.98. The van der Waals surface area contributed by atoms with Crippen molar-refractivity contribution in [2.45, 2.75) is 62.9 Å². The van der Waals surface area contributed by atoms with Gasteiger partial charge >= 0.3 is 0 Å². The second-order valence-electron chi connectivity index (χ2n) is 6.83. The quantitative estimate of drug-likeness (QED) is 0.865. The second kappa shape index (κ2) is 5.40. The van der Waals surface area contributed by atoms with Crippen molar-refractivity contribution in [3.05, 3.63) is 48.0 Å². The van der Waals surface area contributed by atoms with Gasteiger partial charge in [-0.1, -0.05) is 42.5 Å². The molecule has 0 saturated carbocycles. The fourth-order valence-corrected chi connectivity index (χ4v) is 3.69. The zero-order valence-electron chi connectivity index (χ0n) is 13.3. The SMILES string of the molecule is CC1(C)O[C@H]2O[C@@H]3[C@H](O)C=CC[C@]3(OCc3ccccc3)[C@H]2O1. The molecule has 2 aliphatic heterocycles. The lowest BCUT2D eigenvalue weighted by molar-refractivity contribution is -0.249. The van der Waals surface area contributed by atoms with E-state index >= 15 is 0 Å². The Bertz CT molecular complexity index is 599. The van der Waals surface area contributed by atoms with Gasteiger partial charge in [-0.05, 0) is 25.8 Å². The number of ether oxygens (including phenoxy) is 4. The summed E-state index contributed by atoms with van der Waals surface area (Å²) >= 11 is 0. The minimum Gasteiger partial charge on any atom is -0.386 e. The maximum atomic E-state index is 10.3. The van der Waals surface area contributed by atoms with Crippen molar-refractivity contribution in [2.75, 3.05) is 0 Å². The third-order valence-electron chi connectivity index (χ3n) is 4.73. The molecule has 0 radical (unpaired) electrons. The van der Waals surface area contributed by atoms with Crippen LogP contribution in [0.4, 0.5) is 0 Å². The lowest BCUT2D eigenvalue weighted by Crippen LogP contribution is -2.56. The molecule has 1 aromatic rings. The fourth-order valence-electron chi connectivity index (χ4n) is 3.69. The molecule has 0 bridgehead atoms. The molecular formula is C18H22O5. The van der Waals surface area contributed by atoms with Crippen molar-refractivity contribution < 1.29 is 24.1 Å². The second-order valence-corrected chi connectivity index (χ2v) is 6.83. The number of rotatable bonds is 3. The van der Waals surface area contributed by atoms with E-state index in [2.05, 4.69) is 0 Å². The van der Waals surface area contributed by atoms with Crippen molar-refractivity contribution in [3.8, 4) is 0 Å². The van der Waals surface area contributed by atoms with E-state index in [1.54, 1.807) is 6.08 Å². The first-order valence-electron chi connectivity index (χ1n) is 8.04. The molecule has 124 valence electrons. The average molecular weight is 318 g/mol. The van der Waals surface area contributed by atoms with Crippen LogP contribution in [-0.2, 0) is 25.6 Å². The molecule has 5 heteroatoms. The van der Waals surface area contributed by atoms with Gasteiger partial charge in [0.15, 0.2) is 12.1 Å². The van der Waals surface area contributed by atoms with E-state index in [-0.39, 0.29) is 6.10 Å². The summed E-state index contributed by atoms with van der Waals surface area (Å²) in [6, 6.07) is 9.97. The number of aliphatic hydroxyl groups is 1. The van der Waals surface area contributed by atoms with E-state index < -0.39 is 29.9 Å². The van der Waals surface area contributed by atoms with Gasteiger partial charge < -0.3 is 24.1 Å². The van der Waals surface area contributed by atoms with Crippen LogP contribution in [0.25, 0.3) is 0 Å². The molecule has 0 amide bonds. The Morgan fingerprint density at radius 2 is 1.96 bits per heavy atom. The summed E-state index contributed by atoms with van der Waals surface area (Å²) in [5.41, 5.74) is 0.342. The number of aliphatic hydroxyl groups excluding tert-OH is 1. The normalized spacial score (nSPS) is 40.8. The van der Waals surface area contributed by atoms with Crippen LogP contribution in [0.3, 0.4) is 0 Å². The summed E-state index contributed by atoms with van der Waals surface area (Å²) < 4.78 is 24.2. The molecule has 1 N–H and O–H groups in total. The van der Waals surface area contributed by atoms with E-state index in [4.69, 9.17) is 18.9 Å². The molecule has 2 fully saturated rings. The van der Waals surface area contributed by atoms with Gasteiger partial charge in [0.2, 0.25) is 0 Å². The van der Waals surface area contributed by atoms with Gasteiger partial charge in [-0.3, -0.25) is 0 Å². The summed E-state index contributed by atoms with van der Waals surface area (Å²) in [5.74, 6) is -0.713. The Labute approximate surface area is 135 Å². The minimum absolute atomic E-state index is 0.356. The van der Waals surface area contributed by atoms with Crippen LogP contribution in [0, 0.1) is 0 Å². The van der Waals surface area contributed by atoms with Crippen LogP contribution >= 0.6 is 0 Å². The summed E-state index contributed by atoms with van der Waals surface area (Å²) in [6.45, 7) is 4.17. The molecule has 3 aliphatic rings. The Kier molecular flexibility index (Phi) is 3.59. The van der Waals surface area contributed by atoms with Crippen molar-refractivity contribution >= 4 is 0 Å². The Hall–Kier alpha value is -1.24. The van der Waals surface area contributed by atoms with E-state index in [0.29, 0.717) is 13.0 Å². The van der Waals surface area contributed by atoms with Gasteiger partial charge in [0.25, 0.3) is 0 Å². The van der Waals surface area contributed by atoms with Crippen LogP contribution in [-0.4, -0.2) is 41.1 Å². The zero-order chi connectivity index (χ0) is 16.1. The third kappa shape index (κ3) is 2.53. The fraction of sp³-hybridized carbons (Fsp3) is 0.556. The standard InChI is InChI=1S/C18H22O5/c1-17(2)22-15-16(23-17)21-14-13(19)9-6-10-18(14,15)20-11-12-7-4-3-5-8-12/h3-9,13-16,19H,10-11H2,1-2H3/t13-,14-,15+,16-,18-/m1/s1. The molecule has 2 heterocycles. The summed E-state index contributed by atoms with van der Waals surface area (Å²) in [4.78, 5) is 0. The highest BCUT2D eigenvalue weighted by atomic mass is 16.8. The molecule has 5 nitrogen and oxygen atoms in total. The van der Waals surface area contributed by atoms with Crippen molar-refractivity contribution in [2.24, 2.45) is 0 Å². The van der Waals surface area contributed by atoms with E-state index in [1.165, 1.54) is 0 Å². The lowest BCUT2D eigenvalue weighted by Gasteiger charge is -2.40. The molecule has 23 heavy (non-hydrogen) atoms. The molecule has 5 atom stereocenters. The maximum absolute atomic E-state index is 10.3. The van der Waals surface area contributed by atoms with Crippen LogP contribution < -0.4 is 0 Å². The van der Waals surface area contributed by atoms with E-state index in [1.807, 2.05) is 50.3 Å². The zero-order valence-corrected chi connectivity index (χ0v) is 13.3. The van der Waals surface area contributed by atoms with Crippen molar-refractivity contribution in [1.82, 2.24) is 0 Å². The van der Waals surface area contributed by atoms with Crippen LogP contribution in [0.15, 0.2) is 42.5 Å². The first kappa shape index (κ1) is 15.3. The Morgan fingerprint density at radius 3 is 2.74 bits per heavy atom. The van der Waals surface area contributed by atoms with Crippen molar-refractivity contribution in [1.29, 1.82) is 0 Å². The Morgan fingerprint density at radius 1 is 1.17 bits per heavy atom.